The normalized spacial score (nSPS) is 12.2. The van der Waals surface area contributed by atoms with E-state index in [1.807, 2.05) is 38.2 Å². The molecule has 4 nitrogen and oxygen atoms in total. The molecule has 0 fully saturated rings. The van der Waals surface area contributed by atoms with Crippen molar-refractivity contribution in [3.63, 3.8) is 0 Å². The fourth-order valence-electron chi connectivity index (χ4n) is 1.78. The first kappa shape index (κ1) is 14.5. The van der Waals surface area contributed by atoms with Crippen LogP contribution in [-0.2, 0) is 16.1 Å². The SMILES string of the molecule is COCC(C)CC(=O)N(C)Cc1ccc(N)cc1. The molecule has 0 aliphatic heterocycles. The van der Waals surface area contributed by atoms with Gasteiger partial charge < -0.3 is 15.4 Å². The summed E-state index contributed by atoms with van der Waals surface area (Å²) in [5, 5.41) is 0. The van der Waals surface area contributed by atoms with E-state index in [0.717, 1.165) is 11.3 Å². The number of amides is 1. The molecule has 0 heterocycles. The number of methoxy groups -OCH3 is 1. The molecule has 0 saturated carbocycles. The van der Waals surface area contributed by atoms with Gasteiger partial charge in [0.1, 0.15) is 0 Å². The molecule has 18 heavy (non-hydrogen) atoms. The molecule has 1 aromatic carbocycles. The average molecular weight is 250 g/mol. The Balaban J connectivity index is 2.46. The third-order valence-electron chi connectivity index (χ3n) is 2.80. The van der Waals surface area contributed by atoms with Crippen LogP contribution < -0.4 is 5.73 Å². The van der Waals surface area contributed by atoms with Gasteiger partial charge in [-0.25, -0.2) is 0 Å². The van der Waals surface area contributed by atoms with E-state index in [0.29, 0.717) is 19.6 Å². The number of benzene rings is 1. The molecule has 0 bridgehead atoms. The summed E-state index contributed by atoms with van der Waals surface area (Å²) in [7, 11) is 3.47. The van der Waals surface area contributed by atoms with Crippen molar-refractivity contribution in [2.24, 2.45) is 5.92 Å². The third kappa shape index (κ3) is 4.75. The van der Waals surface area contributed by atoms with Crippen molar-refractivity contribution >= 4 is 11.6 Å². The monoisotopic (exact) mass is 250 g/mol. The number of hydrogen-bond acceptors (Lipinski definition) is 3. The molecule has 1 rings (SSSR count). The molecule has 0 aromatic heterocycles. The van der Waals surface area contributed by atoms with Crippen LogP contribution in [0.15, 0.2) is 24.3 Å². The van der Waals surface area contributed by atoms with E-state index >= 15 is 0 Å². The van der Waals surface area contributed by atoms with Gasteiger partial charge in [0.05, 0.1) is 0 Å². The van der Waals surface area contributed by atoms with Crippen LogP contribution in [0, 0.1) is 5.92 Å². The predicted molar refractivity (Wildman–Crippen MR) is 73.0 cm³/mol. The first-order valence-electron chi connectivity index (χ1n) is 6.10. The van der Waals surface area contributed by atoms with E-state index in [1.165, 1.54) is 0 Å². The zero-order valence-corrected chi connectivity index (χ0v) is 11.3. The Hall–Kier alpha value is -1.55. The summed E-state index contributed by atoms with van der Waals surface area (Å²) in [6, 6.07) is 7.58. The van der Waals surface area contributed by atoms with Crippen molar-refractivity contribution in [1.82, 2.24) is 4.90 Å². The first-order valence-corrected chi connectivity index (χ1v) is 6.10. The minimum atomic E-state index is 0.136. The molecule has 0 radical (unpaired) electrons. The van der Waals surface area contributed by atoms with Gasteiger partial charge in [-0.3, -0.25) is 4.79 Å². The van der Waals surface area contributed by atoms with Gasteiger partial charge in [0.25, 0.3) is 0 Å². The maximum Gasteiger partial charge on any atom is 0.222 e. The highest BCUT2D eigenvalue weighted by Gasteiger charge is 2.13. The number of ether oxygens (including phenoxy) is 1. The maximum absolute atomic E-state index is 11.9. The number of nitrogens with zero attached hydrogens (tertiary/aromatic N) is 1. The van der Waals surface area contributed by atoms with Crippen LogP contribution in [0.4, 0.5) is 5.69 Å². The van der Waals surface area contributed by atoms with Crippen LogP contribution in [0.5, 0.6) is 0 Å². The van der Waals surface area contributed by atoms with Crippen LogP contribution >= 0.6 is 0 Å². The Morgan fingerprint density at radius 3 is 2.56 bits per heavy atom. The lowest BCUT2D eigenvalue weighted by Crippen LogP contribution is -2.28. The Morgan fingerprint density at radius 2 is 2.00 bits per heavy atom. The lowest BCUT2D eigenvalue weighted by Gasteiger charge is -2.19. The molecule has 0 spiro atoms. The van der Waals surface area contributed by atoms with Gasteiger partial charge in [-0.2, -0.15) is 0 Å². The zero-order chi connectivity index (χ0) is 13.5. The van der Waals surface area contributed by atoms with Gasteiger partial charge in [0.2, 0.25) is 5.91 Å². The molecule has 1 amide bonds. The van der Waals surface area contributed by atoms with Gasteiger partial charge in [-0.1, -0.05) is 19.1 Å². The highest BCUT2D eigenvalue weighted by atomic mass is 16.5. The maximum atomic E-state index is 11.9. The van der Waals surface area contributed by atoms with Crippen molar-refractivity contribution in [3.8, 4) is 0 Å². The van der Waals surface area contributed by atoms with E-state index in [1.54, 1.807) is 12.0 Å². The lowest BCUT2D eigenvalue weighted by molar-refractivity contribution is -0.131. The minimum Gasteiger partial charge on any atom is -0.399 e. The highest BCUT2D eigenvalue weighted by Crippen LogP contribution is 2.10. The molecule has 0 saturated heterocycles. The van der Waals surface area contributed by atoms with E-state index in [2.05, 4.69) is 0 Å². The first-order chi connectivity index (χ1) is 8.52. The molecule has 2 N–H and O–H groups in total. The van der Waals surface area contributed by atoms with Crippen molar-refractivity contribution in [1.29, 1.82) is 0 Å². The van der Waals surface area contributed by atoms with Gasteiger partial charge in [-0.05, 0) is 23.6 Å². The van der Waals surface area contributed by atoms with Gasteiger partial charge >= 0.3 is 0 Å². The van der Waals surface area contributed by atoms with E-state index in [4.69, 9.17) is 10.5 Å². The summed E-state index contributed by atoms with van der Waals surface area (Å²) >= 11 is 0. The minimum absolute atomic E-state index is 0.136. The van der Waals surface area contributed by atoms with E-state index in [9.17, 15) is 4.79 Å². The average Bonchev–Trinajstić information content (AvgIpc) is 2.32. The second-order valence-corrected chi connectivity index (χ2v) is 4.76. The number of hydrogen-bond donors (Lipinski definition) is 1. The number of anilines is 1. The Bertz CT molecular complexity index is 376. The Morgan fingerprint density at radius 1 is 1.39 bits per heavy atom. The summed E-state index contributed by atoms with van der Waals surface area (Å²) < 4.78 is 5.03. The molecular weight excluding hydrogens is 228 g/mol. The van der Waals surface area contributed by atoms with Gasteiger partial charge in [0, 0.05) is 39.4 Å². The quantitative estimate of drug-likeness (QED) is 0.784. The van der Waals surface area contributed by atoms with Crippen molar-refractivity contribution < 1.29 is 9.53 Å². The molecule has 4 heteroatoms. The zero-order valence-electron chi connectivity index (χ0n) is 11.3. The van der Waals surface area contributed by atoms with Gasteiger partial charge in [0.15, 0.2) is 0 Å². The third-order valence-corrected chi connectivity index (χ3v) is 2.80. The summed E-state index contributed by atoms with van der Waals surface area (Å²) in [5.41, 5.74) is 7.44. The highest BCUT2D eigenvalue weighted by molar-refractivity contribution is 5.76. The van der Waals surface area contributed by atoms with Crippen LogP contribution in [-0.4, -0.2) is 31.6 Å². The molecule has 0 aliphatic carbocycles. The van der Waals surface area contributed by atoms with Crippen LogP contribution in [0.3, 0.4) is 0 Å². The Labute approximate surface area is 109 Å². The number of nitrogens with two attached hydrogens (primary N) is 1. The summed E-state index contributed by atoms with van der Waals surface area (Å²) in [6.07, 6.45) is 0.513. The summed E-state index contributed by atoms with van der Waals surface area (Å²) in [6.45, 7) is 3.23. The second kappa shape index (κ2) is 7.01. The predicted octanol–water partition coefficient (Wildman–Crippen LogP) is 1.90. The molecule has 100 valence electrons. The Kier molecular flexibility index (Phi) is 5.65. The largest absolute Gasteiger partial charge is 0.399 e. The fourth-order valence-corrected chi connectivity index (χ4v) is 1.78. The molecule has 0 aliphatic rings. The number of nitrogen functional groups attached to an aromatic ring is 1. The van der Waals surface area contributed by atoms with Crippen LogP contribution in [0.1, 0.15) is 18.9 Å². The number of carbonyl (C=O) groups excluding carboxylic acids is 1. The number of carbonyl (C=O) groups is 1. The summed E-state index contributed by atoms with van der Waals surface area (Å²) in [5.74, 6) is 0.382. The van der Waals surface area contributed by atoms with E-state index < -0.39 is 0 Å². The lowest BCUT2D eigenvalue weighted by atomic mass is 10.1. The van der Waals surface area contributed by atoms with Gasteiger partial charge in [-0.15, -0.1) is 0 Å². The molecular formula is C14H22N2O2. The smallest absolute Gasteiger partial charge is 0.222 e. The second-order valence-electron chi connectivity index (χ2n) is 4.76. The fraction of sp³-hybridized carbons (Fsp3) is 0.500. The van der Waals surface area contributed by atoms with Crippen molar-refractivity contribution in [2.75, 3.05) is 26.5 Å². The van der Waals surface area contributed by atoms with Crippen molar-refractivity contribution in [3.05, 3.63) is 29.8 Å². The topological polar surface area (TPSA) is 55.6 Å². The standard InChI is InChI=1S/C14H22N2O2/c1-11(10-18-3)8-14(17)16(2)9-12-4-6-13(15)7-5-12/h4-7,11H,8-10,15H2,1-3H3. The molecule has 1 atom stereocenters. The molecule has 1 aromatic rings. The van der Waals surface area contributed by atoms with Crippen LogP contribution in [0.2, 0.25) is 0 Å². The van der Waals surface area contributed by atoms with Crippen molar-refractivity contribution in [2.45, 2.75) is 19.9 Å². The summed E-state index contributed by atoms with van der Waals surface area (Å²) in [4.78, 5) is 13.7. The number of rotatable bonds is 6. The molecule has 1 unspecified atom stereocenters. The van der Waals surface area contributed by atoms with Crippen LogP contribution in [0.25, 0.3) is 0 Å². The van der Waals surface area contributed by atoms with E-state index in [-0.39, 0.29) is 11.8 Å².